The van der Waals surface area contributed by atoms with Gasteiger partial charge in [0.1, 0.15) is 11.6 Å². The number of aryl methyl sites for hydroxylation is 1. The summed E-state index contributed by atoms with van der Waals surface area (Å²) in [6.45, 7) is 1.86. The highest BCUT2D eigenvalue weighted by Gasteiger charge is 2.15. The molecule has 3 aromatic rings. The number of benzene rings is 1. The summed E-state index contributed by atoms with van der Waals surface area (Å²) in [5.74, 6) is -0.560. The van der Waals surface area contributed by atoms with Crippen LogP contribution in [0.1, 0.15) is 11.3 Å². The van der Waals surface area contributed by atoms with E-state index in [-0.39, 0.29) is 12.1 Å². The number of hydrogen-bond acceptors (Lipinski definition) is 6. The number of carboxylic acids is 1. The second kappa shape index (κ2) is 8.24. The van der Waals surface area contributed by atoms with E-state index in [0.29, 0.717) is 21.5 Å². The molecule has 0 aliphatic rings. The number of aliphatic carboxylic acids is 1. The van der Waals surface area contributed by atoms with E-state index in [1.807, 2.05) is 19.2 Å². The molecule has 0 atom stereocenters. The highest BCUT2D eigenvalue weighted by atomic mass is 35.5. The number of carbonyl (C=O) groups is 1. The Morgan fingerprint density at radius 2 is 2.11 bits per heavy atom. The van der Waals surface area contributed by atoms with Gasteiger partial charge in [-0.15, -0.1) is 23.1 Å². The number of nitrogens with zero attached hydrogens (tertiary/aromatic N) is 2. The molecule has 5 nitrogen and oxygen atoms in total. The van der Waals surface area contributed by atoms with Gasteiger partial charge >= 0.3 is 5.97 Å². The fourth-order valence-electron chi connectivity index (χ4n) is 2.51. The van der Waals surface area contributed by atoms with Crippen LogP contribution in [0.4, 0.5) is 15.9 Å². The molecule has 0 aliphatic carbocycles. The van der Waals surface area contributed by atoms with Crippen LogP contribution in [0, 0.1) is 12.7 Å². The van der Waals surface area contributed by atoms with Gasteiger partial charge in [-0.1, -0.05) is 17.7 Å². The molecular formula is C18H15ClFN3O2S2. The van der Waals surface area contributed by atoms with E-state index in [2.05, 4.69) is 15.3 Å². The largest absolute Gasteiger partial charge is 0.481 e. The molecular weight excluding hydrogens is 409 g/mol. The Hall–Kier alpha value is -2.16. The fraction of sp³-hybridized carbons (Fsp3) is 0.167. The number of anilines is 2. The van der Waals surface area contributed by atoms with Crippen molar-refractivity contribution in [1.82, 2.24) is 9.97 Å². The van der Waals surface area contributed by atoms with Gasteiger partial charge in [0.05, 0.1) is 31.9 Å². The number of carboxylic acid groups (broad SMARTS) is 1. The Labute approximate surface area is 168 Å². The highest BCUT2D eigenvalue weighted by Crippen LogP contribution is 2.34. The van der Waals surface area contributed by atoms with E-state index in [4.69, 9.17) is 16.7 Å². The van der Waals surface area contributed by atoms with Crippen LogP contribution >= 0.6 is 34.7 Å². The van der Waals surface area contributed by atoms with Crippen LogP contribution in [0.15, 0.2) is 35.2 Å². The lowest BCUT2D eigenvalue weighted by atomic mass is 10.1. The van der Waals surface area contributed by atoms with E-state index in [0.717, 1.165) is 15.5 Å². The molecule has 0 unspecified atom stereocenters. The van der Waals surface area contributed by atoms with Crippen molar-refractivity contribution in [2.45, 2.75) is 18.2 Å². The maximum absolute atomic E-state index is 14.4. The first kappa shape index (κ1) is 19.6. The third-order valence-corrected chi connectivity index (χ3v) is 5.80. The molecule has 2 heterocycles. The van der Waals surface area contributed by atoms with Crippen LogP contribution in [0.5, 0.6) is 0 Å². The summed E-state index contributed by atoms with van der Waals surface area (Å²) in [6, 6.07) is 7.91. The molecule has 9 heteroatoms. The summed E-state index contributed by atoms with van der Waals surface area (Å²) in [5, 5.41) is 11.8. The molecule has 0 amide bonds. The smallest absolute Gasteiger partial charge is 0.307 e. The number of thiophene rings is 1. The lowest BCUT2D eigenvalue weighted by Gasteiger charge is -2.14. The number of halogens is 2. The summed E-state index contributed by atoms with van der Waals surface area (Å²) in [4.78, 5) is 21.5. The van der Waals surface area contributed by atoms with E-state index in [1.54, 1.807) is 12.1 Å². The zero-order valence-corrected chi connectivity index (χ0v) is 16.8. The second-order valence-electron chi connectivity index (χ2n) is 5.63. The zero-order valence-electron chi connectivity index (χ0n) is 14.4. The Morgan fingerprint density at radius 1 is 1.33 bits per heavy atom. The van der Waals surface area contributed by atoms with Gasteiger partial charge in [-0.3, -0.25) is 4.79 Å². The van der Waals surface area contributed by atoms with Gasteiger partial charge in [-0.25, -0.2) is 14.4 Å². The minimum Gasteiger partial charge on any atom is -0.481 e. The molecule has 0 bridgehead atoms. The molecule has 0 saturated carbocycles. The summed E-state index contributed by atoms with van der Waals surface area (Å²) in [6.07, 6.45) is 1.66. The molecule has 3 rings (SSSR count). The van der Waals surface area contributed by atoms with E-state index in [9.17, 15) is 9.18 Å². The summed E-state index contributed by atoms with van der Waals surface area (Å²) in [5.41, 5.74) is 1.37. The van der Waals surface area contributed by atoms with Gasteiger partial charge in [0.25, 0.3) is 0 Å². The summed E-state index contributed by atoms with van der Waals surface area (Å²) < 4.78 is 15.1. The molecule has 0 aliphatic heterocycles. The van der Waals surface area contributed by atoms with Crippen LogP contribution in [0.25, 0.3) is 10.7 Å². The molecule has 0 spiro atoms. The number of rotatable bonds is 6. The van der Waals surface area contributed by atoms with Crippen LogP contribution < -0.4 is 5.32 Å². The first-order chi connectivity index (χ1) is 12.9. The van der Waals surface area contributed by atoms with Crippen molar-refractivity contribution in [2.24, 2.45) is 0 Å². The topological polar surface area (TPSA) is 75.1 Å². The van der Waals surface area contributed by atoms with E-state index >= 15 is 0 Å². The minimum atomic E-state index is -1.01. The van der Waals surface area contributed by atoms with Crippen molar-refractivity contribution in [3.05, 3.63) is 51.7 Å². The quantitative estimate of drug-likeness (QED) is 0.517. The molecule has 1 aromatic carbocycles. The minimum absolute atomic E-state index is 0.215. The SMILES string of the molecule is CSc1c(C)nc(-c2ccc(Cl)s2)nc1Nc1ccc(CC(=O)O)cc1F. The Morgan fingerprint density at radius 3 is 2.70 bits per heavy atom. The maximum Gasteiger partial charge on any atom is 0.307 e. The molecule has 0 radical (unpaired) electrons. The standard InChI is InChI=1S/C18H15ClFN3O2S2/c1-9-16(26-2)18(23-17(21-9)13-5-6-14(19)27-13)22-12-4-3-10(7-11(12)20)8-15(24)25/h3-7H,8H2,1-2H3,(H,24,25)(H,21,22,23). The number of hydrogen-bond donors (Lipinski definition) is 2. The molecule has 140 valence electrons. The Balaban J connectivity index is 1.98. The zero-order chi connectivity index (χ0) is 19.6. The van der Waals surface area contributed by atoms with Crippen molar-refractivity contribution in [2.75, 3.05) is 11.6 Å². The van der Waals surface area contributed by atoms with E-state index in [1.165, 1.54) is 35.2 Å². The van der Waals surface area contributed by atoms with Crippen molar-refractivity contribution in [1.29, 1.82) is 0 Å². The lowest BCUT2D eigenvalue weighted by Crippen LogP contribution is -2.04. The third kappa shape index (κ3) is 4.58. The lowest BCUT2D eigenvalue weighted by molar-refractivity contribution is -0.136. The Kier molecular flexibility index (Phi) is 5.98. The van der Waals surface area contributed by atoms with Gasteiger partial charge < -0.3 is 10.4 Å². The average Bonchev–Trinajstić information content (AvgIpc) is 3.03. The van der Waals surface area contributed by atoms with Crippen molar-refractivity contribution in [3.63, 3.8) is 0 Å². The van der Waals surface area contributed by atoms with Crippen LogP contribution in [0.2, 0.25) is 4.34 Å². The first-order valence-electron chi connectivity index (χ1n) is 7.83. The van der Waals surface area contributed by atoms with Crippen molar-refractivity contribution >= 4 is 52.2 Å². The highest BCUT2D eigenvalue weighted by molar-refractivity contribution is 7.98. The molecule has 0 fully saturated rings. The van der Waals surface area contributed by atoms with Crippen LogP contribution in [-0.2, 0) is 11.2 Å². The normalized spacial score (nSPS) is 10.8. The average molecular weight is 424 g/mol. The number of nitrogens with one attached hydrogen (secondary N) is 1. The van der Waals surface area contributed by atoms with Gasteiger partial charge in [0, 0.05) is 0 Å². The molecule has 2 N–H and O–H groups in total. The summed E-state index contributed by atoms with van der Waals surface area (Å²) in [7, 11) is 0. The monoisotopic (exact) mass is 423 g/mol. The second-order valence-corrected chi connectivity index (χ2v) is 8.16. The van der Waals surface area contributed by atoms with Crippen LogP contribution in [0.3, 0.4) is 0 Å². The predicted octanol–water partition coefficient (Wildman–Crippen LogP) is 5.40. The van der Waals surface area contributed by atoms with Crippen LogP contribution in [-0.4, -0.2) is 27.3 Å². The maximum atomic E-state index is 14.4. The summed E-state index contributed by atoms with van der Waals surface area (Å²) >= 11 is 8.82. The van der Waals surface area contributed by atoms with E-state index < -0.39 is 11.8 Å². The molecule has 27 heavy (non-hydrogen) atoms. The number of aromatic nitrogens is 2. The molecule has 2 aromatic heterocycles. The van der Waals surface area contributed by atoms with Gasteiger partial charge in [0.2, 0.25) is 0 Å². The number of thioether (sulfide) groups is 1. The van der Waals surface area contributed by atoms with Gasteiger partial charge in [-0.2, -0.15) is 0 Å². The third-order valence-electron chi connectivity index (χ3n) is 3.67. The Bertz CT molecular complexity index is 1010. The van der Waals surface area contributed by atoms with Gasteiger partial charge in [-0.05, 0) is 43.0 Å². The first-order valence-corrected chi connectivity index (χ1v) is 10.2. The predicted molar refractivity (Wildman–Crippen MR) is 108 cm³/mol. The van der Waals surface area contributed by atoms with Crippen molar-refractivity contribution in [3.8, 4) is 10.7 Å². The molecule has 0 saturated heterocycles. The van der Waals surface area contributed by atoms with Gasteiger partial charge in [0.15, 0.2) is 5.82 Å². The fourth-order valence-corrected chi connectivity index (χ4v) is 4.12. The van der Waals surface area contributed by atoms with Crippen molar-refractivity contribution < 1.29 is 14.3 Å².